The van der Waals surface area contributed by atoms with Gasteiger partial charge >= 0.3 is 12.1 Å². The van der Waals surface area contributed by atoms with E-state index in [0.29, 0.717) is 45.3 Å². The Morgan fingerprint density at radius 2 is 1.46 bits per heavy atom. The van der Waals surface area contributed by atoms with Crippen molar-refractivity contribution in [1.82, 2.24) is 19.6 Å². The fourth-order valence-electron chi connectivity index (χ4n) is 5.53. The van der Waals surface area contributed by atoms with Crippen molar-refractivity contribution < 1.29 is 36.7 Å². The Hall–Kier alpha value is -3.02. The number of ether oxygens (including phenoxy) is 1. The van der Waals surface area contributed by atoms with E-state index in [1.54, 1.807) is 6.92 Å². The minimum Gasteiger partial charge on any atom is -0.477 e. The highest BCUT2D eigenvalue weighted by Crippen LogP contribution is 2.32. The molecule has 2 heterocycles. The minimum atomic E-state index is -1.68. The fraction of sp³-hybridized carbons (Fsp3) is 0.654. The van der Waals surface area contributed by atoms with Gasteiger partial charge < -0.3 is 14.5 Å². The highest BCUT2D eigenvalue weighted by atomic mass is 19.2. The van der Waals surface area contributed by atoms with Crippen LogP contribution in [0.3, 0.4) is 0 Å². The van der Waals surface area contributed by atoms with Crippen molar-refractivity contribution in [3.8, 4) is 5.75 Å². The molecule has 216 valence electrons. The Balaban J connectivity index is 1.67. The van der Waals surface area contributed by atoms with Gasteiger partial charge in [0.05, 0.1) is 10.3 Å². The number of amides is 2. The van der Waals surface area contributed by atoms with E-state index in [2.05, 4.69) is 23.5 Å². The van der Waals surface area contributed by atoms with Gasteiger partial charge in [0.15, 0.2) is 24.0 Å². The summed E-state index contributed by atoms with van der Waals surface area (Å²) in [6, 6.07) is -0.341. The first-order chi connectivity index (χ1) is 18.4. The van der Waals surface area contributed by atoms with E-state index in [1.165, 1.54) is 9.80 Å². The van der Waals surface area contributed by atoms with Crippen molar-refractivity contribution in [1.29, 1.82) is 5.53 Å². The topological polar surface area (TPSA) is 94.3 Å². The zero-order valence-corrected chi connectivity index (χ0v) is 23.0. The van der Waals surface area contributed by atoms with E-state index < -0.39 is 59.0 Å². The predicted octanol–water partition coefficient (Wildman–Crippen LogP) is 2.34. The second-order valence-corrected chi connectivity index (χ2v) is 10.6. The van der Waals surface area contributed by atoms with E-state index in [4.69, 9.17) is 10.3 Å². The first kappa shape index (κ1) is 30.5. The molecular formula is C26H37F4N6O3+. The number of hydrogen-bond acceptors (Lipinski definition) is 6. The predicted molar refractivity (Wildman–Crippen MR) is 135 cm³/mol. The van der Waals surface area contributed by atoms with Gasteiger partial charge in [0.2, 0.25) is 11.6 Å². The number of nitrogens with zero attached hydrogens (tertiary/aromatic N) is 5. The van der Waals surface area contributed by atoms with Crippen molar-refractivity contribution in [2.75, 3.05) is 45.9 Å². The Kier molecular flexibility index (Phi) is 10.1. The van der Waals surface area contributed by atoms with Crippen LogP contribution in [0.5, 0.6) is 5.75 Å². The van der Waals surface area contributed by atoms with Gasteiger partial charge in [-0.1, -0.05) is 0 Å². The molecular weight excluding hydrogens is 520 g/mol. The zero-order chi connectivity index (χ0) is 29.0. The lowest BCUT2D eigenvalue weighted by Gasteiger charge is -2.42. The van der Waals surface area contributed by atoms with Gasteiger partial charge in [-0.15, -0.1) is 0 Å². The van der Waals surface area contributed by atoms with Crippen LogP contribution in [0.15, 0.2) is 0 Å². The van der Waals surface area contributed by atoms with Crippen molar-refractivity contribution >= 4 is 18.0 Å². The van der Waals surface area contributed by atoms with Crippen molar-refractivity contribution in [2.45, 2.75) is 65.2 Å². The molecule has 39 heavy (non-hydrogen) atoms. The molecule has 1 N–H and O–H groups in total. The summed E-state index contributed by atoms with van der Waals surface area (Å²) < 4.78 is 64.6. The monoisotopic (exact) mass is 557 g/mol. The lowest BCUT2D eigenvalue weighted by molar-refractivity contribution is -0.141. The molecule has 2 fully saturated rings. The molecule has 0 aromatic heterocycles. The SMILES string of the molecule is CC(C)N1CCN(C(=O)COc2c(F)c(F)c(CC(C)N3CCN(C(=O)C=[N+]=N)CC3C)c(F)c2F)CC1C. The number of hydrogen-bond donors (Lipinski definition) is 1. The normalized spacial score (nSPS) is 21.6. The van der Waals surface area contributed by atoms with Gasteiger partial charge in [0.1, 0.15) is 0 Å². The van der Waals surface area contributed by atoms with Crippen LogP contribution < -0.4 is 4.74 Å². The molecule has 0 spiro atoms. The van der Waals surface area contributed by atoms with Crippen molar-refractivity contribution in [3.63, 3.8) is 0 Å². The summed E-state index contributed by atoms with van der Waals surface area (Å²) in [7, 11) is 0. The molecule has 0 aliphatic carbocycles. The lowest BCUT2D eigenvalue weighted by Crippen LogP contribution is -2.56. The lowest BCUT2D eigenvalue weighted by atomic mass is 10.0. The van der Waals surface area contributed by atoms with Crippen LogP contribution in [0.2, 0.25) is 0 Å². The number of carbonyl (C=O) groups is 2. The third kappa shape index (κ3) is 6.77. The van der Waals surface area contributed by atoms with Crippen LogP contribution >= 0.6 is 0 Å². The largest absolute Gasteiger partial charge is 0.477 e. The molecule has 3 atom stereocenters. The Morgan fingerprint density at radius 3 is 2.00 bits per heavy atom. The number of rotatable bonds is 8. The summed E-state index contributed by atoms with van der Waals surface area (Å²) in [6.45, 7) is 11.2. The number of nitrogens with one attached hydrogen (secondary N) is 1. The molecule has 0 saturated carbocycles. The maximum absolute atomic E-state index is 15.0. The standard InChI is InChI=1S/C26H37F4N6O3/c1-15(2)35-8-6-34(12-17(35)4)21(38)14-39-26-24(29)22(27)19(23(28)25(26)30)10-16(3)36-9-7-33(13-18(36)5)20(37)11-32-31/h11,15-18,31H,6-10,12-14H2,1-5H3/q+1. The summed E-state index contributed by atoms with van der Waals surface area (Å²) in [6.07, 6.45) is 0.571. The zero-order valence-electron chi connectivity index (χ0n) is 23.0. The molecule has 2 saturated heterocycles. The summed E-state index contributed by atoms with van der Waals surface area (Å²) in [5.74, 6) is -8.67. The fourth-order valence-corrected chi connectivity index (χ4v) is 5.53. The second-order valence-electron chi connectivity index (χ2n) is 10.6. The van der Waals surface area contributed by atoms with Crippen LogP contribution in [0.4, 0.5) is 17.6 Å². The highest BCUT2D eigenvalue weighted by molar-refractivity contribution is 6.23. The first-order valence-electron chi connectivity index (χ1n) is 13.1. The van der Waals surface area contributed by atoms with Crippen LogP contribution in [0, 0.1) is 28.8 Å². The molecule has 13 heteroatoms. The quantitative estimate of drug-likeness (QED) is 0.174. The first-order valence-corrected chi connectivity index (χ1v) is 13.1. The molecule has 9 nitrogen and oxygen atoms in total. The average Bonchev–Trinajstić information content (AvgIpc) is 2.89. The number of halogens is 4. The summed E-state index contributed by atoms with van der Waals surface area (Å²) in [5, 5.41) is 0. The van der Waals surface area contributed by atoms with Gasteiger partial charge in [0, 0.05) is 69.0 Å². The van der Waals surface area contributed by atoms with Crippen LogP contribution in [-0.4, -0.2) is 112 Å². The maximum atomic E-state index is 15.0. The van der Waals surface area contributed by atoms with E-state index in [1.807, 2.05) is 18.7 Å². The number of carbonyl (C=O) groups excluding carboxylic acids is 2. The van der Waals surface area contributed by atoms with E-state index in [-0.39, 0.29) is 18.5 Å². The molecule has 2 aliphatic heterocycles. The third-order valence-corrected chi connectivity index (χ3v) is 7.58. The highest BCUT2D eigenvalue weighted by Gasteiger charge is 2.34. The molecule has 1 aromatic rings. The van der Waals surface area contributed by atoms with Crippen LogP contribution in [0.25, 0.3) is 0 Å². The van der Waals surface area contributed by atoms with Gasteiger partial charge in [-0.25, -0.2) is 8.78 Å². The molecule has 0 radical (unpaired) electrons. The van der Waals surface area contributed by atoms with Crippen molar-refractivity contribution in [3.05, 3.63) is 28.8 Å². The Morgan fingerprint density at radius 1 is 0.923 bits per heavy atom. The second kappa shape index (κ2) is 12.9. The molecule has 0 bridgehead atoms. The van der Waals surface area contributed by atoms with Gasteiger partial charge in [0.25, 0.3) is 5.91 Å². The number of benzene rings is 1. The molecule has 2 amide bonds. The summed E-state index contributed by atoms with van der Waals surface area (Å²) in [5.41, 5.74) is 6.05. The van der Waals surface area contributed by atoms with E-state index >= 15 is 0 Å². The summed E-state index contributed by atoms with van der Waals surface area (Å²) >= 11 is 0. The number of piperazine rings is 2. The third-order valence-electron chi connectivity index (χ3n) is 7.58. The summed E-state index contributed by atoms with van der Waals surface area (Å²) in [4.78, 5) is 34.7. The van der Waals surface area contributed by atoms with Crippen molar-refractivity contribution in [2.24, 2.45) is 0 Å². The molecule has 1 aromatic carbocycles. The van der Waals surface area contributed by atoms with Gasteiger partial charge in [-0.3, -0.25) is 19.4 Å². The molecule has 2 aliphatic rings. The Labute approximate surface area is 225 Å². The van der Waals surface area contributed by atoms with E-state index in [0.717, 1.165) is 6.21 Å². The minimum absolute atomic E-state index is 0.0793. The molecule has 3 unspecified atom stereocenters. The van der Waals surface area contributed by atoms with E-state index in [9.17, 15) is 27.2 Å². The average molecular weight is 558 g/mol. The smallest absolute Gasteiger partial charge is 0.394 e. The van der Waals surface area contributed by atoms with Gasteiger partial charge in [-0.2, -0.15) is 8.78 Å². The Bertz CT molecular complexity index is 1100. The van der Waals surface area contributed by atoms with Gasteiger partial charge in [-0.05, 0) is 41.0 Å². The maximum Gasteiger partial charge on any atom is 0.394 e. The van der Waals surface area contributed by atoms with Crippen LogP contribution in [-0.2, 0) is 16.0 Å². The molecule has 3 rings (SSSR count). The van der Waals surface area contributed by atoms with Crippen LogP contribution in [0.1, 0.15) is 40.2 Å².